The number of furan rings is 1. The maximum Gasteiger partial charge on any atom is 0.233 e. The molecule has 0 unspecified atom stereocenters. The molecule has 0 amide bonds. The van der Waals surface area contributed by atoms with Gasteiger partial charge in [0.1, 0.15) is 5.58 Å². The zero-order chi connectivity index (χ0) is 35.8. The van der Waals surface area contributed by atoms with E-state index in [9.17, 15) is 0 Å². The SMILES string of the molecule is c1ccc(-c2ccc(-c3nc(-n4c5ccc6ccccc6c5c5cc6c7ccccc7n7c8ccccc8c(c54)c67)c4c(n3)oc3ccccc34)cc2)cc1. The van der Waals surface area contributed by atoms with E-state index in [1.165, 1.54) is 65.2 Å². The molecule has 0 aliphatic rings. The van der Waals surface area contributed by atoms with Crippen molar-refractivity contribution in [3.8, 4) is 28.3 Å². The third kappa shape index (κ3) is 3.81. The Morgan fingerprint density at radius 2 is 1.05 bits per heavy atom. The van der Waals surface area contributed by atoms with Crippen molar-refractivity contribution in [1.82, 2.24) is 18.9 Å². The summed E-state index contributed by atoms with van der Waals surface area (Å²) >= 11 is 0. The van der Waals surface area contributed by atoms with Crippen LogP contribution in [-0.2, 0) is 0 Å². The molecule has 5 heteroatoms. The second-order valence-electron chi connectivity index (χ2n) is 14.5. The standard InChI is InChI=1S/C50H28N4O/c1-2-12-29(13-3-1)30-22-24-32(25-23-30)48-51-49(45-36-18-8-11-21-42(36)55-50(45)52-48)54-41-27-26-31-14-4-5-15-33(31)43(41)38-28-37-34-16-6-9-19-39(34)53-40-20-10-7-17-35(40)44(46(37)53)47(38)54/h1-28H. The Kier molecular flexibility index (Phi) is 5.57. The van der Waals surface area contributed by atoms with E-state index in [0.717, 1.165) is 44.3 Å². The monoisotopic (exact) mass is 700 g/mol. The van der Waals surface area contributed by atoms with E-state index in [2.05, 4.69) is 161 Å². The lowest BCUT2D eigenvalue weighted by Gasteiger charge is -2.12. The molecule has 5 nitrogen and oxygen atoms in total. The van der Waals surface area contributed by atoms with E-state index in [0.29, 0.717) is 11.5 Å². The van der Waals surface area contributed by atoms with Crippen molar-refractivity contribution in [3.63, 3.8) is 0 Å². The molecule has 5 aromatic heterocycles. The van der Waals surface area contributed by atoms with E-state index in [4.69, 9.17) is 14.4 Å². The predicted molar refractivity (Wildman–Crippen MR) is 227 cm³/mol. The number of rotatable bonds is 3. The van der Waals surface area contributed by atoms with Crippen molar-refractivity contribution in [3.05, 3.63) is 170 Å². The Labute approximate surface area is 313 Å². The van der Waals surface area contributed by atoms with Crippen LogP contribution in [0.25, 0.3) is 121 Å². The van der Waals surface area contributed by atoms with Crippen LogP contribution in [0.1, 0.15) is 0 Å². The fourth-order valence-electron chi connectivity index (χ4n) is 9.33. The van der Waals surface area contributed by atoms with Crippen LogP contribution in [0.2, 0.25) is 0 Å². The van der Waals surface area contributed by atoms with Gasteiger partial charge in [-0.25, -0.2) is 4.98 Å². The van der Waals surface area contributed by atoms with Crippen LogP contribution in [0.3, 0.4) is 0 Å². The van der Waals surface area contributed by atoms with Crippen molar-refractivity contribution in [2.24, 2.45) is 0 Å². The summed E-state index contributed by atoms with van der Waals surface area (Å²) in [6.07, 6.45) is 0. The molecule has 0 spiro atoms. The Balaban J connectivity index is 1.24. The third-order valence-electron chi connectivity index (χ3n) is 11.7. The summed E-state index contributed by atoms with van der Waals surface area (Å²) in [5, 5.41) is 11.6. The van der Waals surface area contributed by atoms with Crippen molar-refractivity contribution in [1.29, 1.82) is 0 Å². The summed E-state index contributed by atoms with van der Waals surface area (Å²) < 4.78 is 11.5. The maximum absolute atomic E-state index is 6.61. The van der Waals surface area contributed by atoms with Gasteiger partial charge in [-0.3, -0.25) is 4.57 Å². The highest BCUT2D eigenvalue weighted by Crippen LogP contribution is 2.48. The second-order valence-corrected chi connectivity index (χ2v) is 14.5. The smallest absolute Gasteiger partial charge is 0.233 e. The molecule has 254 valence electrons. The average Bonchev–Trinajstić information content (AvgIpc) is 3.99. The molecule has 13 rings (SSSR count). The van der Waals surface area contributed by atoms with Crippen molar-refractivity contribution < 1.29 is 4.42 Å². The minimum atomic E-state index is 0.566. The zero-order valence-corrected chi connectivity index (χ0v) is 29.4. The van der Waals surface area contributed by atoms with Gasteiger partial charge < -0.3 is 8.82 Å². The highest BCUT2D eigenvalue weighted by atomic mass is 16.3. The van der Waals surface area contributed by atoms with Gasteiger partial charge in [-0.2, -0.15) is 4.98 Å². The van der Waals surface area contributed by atoms with Crippen LogP contribution in [0.5, 0.6) is 0 Å². The first-order chi connectivity index (χ1) is 27.3. The fraction of sp³-hybridized carbons (Fsp3) is 0. The van der Waals surface area contributed by atoms with Crippen molar-refractivity contribution >= 4 is 92.7 Å². The molecule has 0 N–H and O–H groups in total. The summed E-state index contributed by atoms with van der Waals surface area (Å²) in [6.45, 7) is 0. The molecule has 5 heterocycles. The van der Waals surface area contributed by atoms with Crippen LogP contribution < -0.4 is 0 Å². The molecule has 8 aromatic carbocycles. The number of hydrogen-bond donors (Lipinski definition) is 0. The lowest BCUT2D eigenvalue weighted by Crippen LogP contribution is -2.02. The van der Waals surface area contributed by atoms with Crippen LogP contribution in [0.4, 0.5) is 0 Å². The highest BCUT2D eigenvalue weighted by molar-refractivity contribution is 6.36. The van der Waals surface area contributed by atoms with Gasteiger partial charge in [0.25, 0.3) is 0 Å². The number of nitrogens with zero attached hydrogens (tertiary/aromatic N) is 4. The van der Waals surface area contributed by atoms with Crippen LogP contribution in [0, 0.1) is 0 Å². The van der Waals surface area contributed by atoms with Crippen LogP contribution in [-0.4, -0.2) is 18.9 Å². The molecular weight excluding hydrogens is 673 g/mol. The molecule has 0 fully saturated rings. The van der Waals surface area contributed by atoms with Gasteiger partial charge in [0.2, 0.25) is 5.71 Å². The van der Waals surface area contributed by atoms with E-state index in [-0.39, 0.29) is 0 Å². The maximum atomic E-state index is 6.61. The third-order valence-corrected chi connectivity index (χ3v) is 11.7. The largest absolute Gasteiger partial charge is 0.437 e. The number of benzene rings is 8. The van der Waals surface area contributed by atoms with Crippen molar-refractivity contribution in [2.45, 2.75) is 0 Å². The Morgan fingerprint density at radius 1 is 0.400 bits per heavy atom. The summed E-state index contributed by atoms with van der Waals surface area (Å²) in [6, 6.07) is 60.5. The summed E-state index contributed by atoms with van der Waals surface area (Å²) in [7, 11) is 0. The molecule has 0 bridgehead atoms. The quantitative estimate of drug-likeness (QED) is 0.184. The van der Waals surface area contributed by atoms with Gasteiger partial charge in [-0.1, -0.05) is 140 Å². The van der Waals surface area contributed by atoms with Gasteiger partial charge in [-0.05, 0) is 52.2 Å². The molecule has 0 aliphatic heterocycles. The molecule has 0 saturated heterocycles. The summed E-state index contributed by atoms with van der Waals surface area (Å²) in [4.78, 5) is 10.7. The van der Waals surface area contributed by atoms with E-state index in [1.807, 2.05) is 18.2 Å². The molecule has 0 saturated carbocycles. The zero-order valence-electron chi connectivity index (χ0n) is 29.4. The van der Waals surface area contributed by atoms with E-state index >= 15 is 0 Å². The average molecular weight is 701 g/mol. The van der Waals surface area contributed by atoms with Gasteiger partial charge in [0.15, 0.2) is 11.6 Å². The minimum Gasteiger partial charge on any atom is -0.437 e. The Morgan fingerprint density at radius 3 is 1.89 bits per heavy atom. The van der Waals surface area contributed by atoms with E-state index in [1.54, 1.807) is 0 Å². The molecular formula is C50H28N4O. The number of fused-ring (bicyclic) bond motifs is 15. The van der Waals surface area contributed by atoms with Gasteiger partial charge >= 0.3 is 0 Å². The van der Waals surface area contributed by atoms with E-state index < -0.39 is 0 Å². The molecule has 13 aromatic rings. The van der Waals surface area contributed by atoms with Crippen molar-refractivity contribution in [2.75, 3.05) is 0 Å². The first kappa shape index (κ1) is 29.0. The Hall–Kier alpha value is -7.50. The number of para-hydroxylation sites is 3. The first-order valence-electron chi connectivity index (χ1n) is 18.7. The molecule has 0 radical (unpaired) electrons. The highest BCUT2D eigenvalue weighted by Gasteiger charge is 2.27. The number of aromatic nitrogens is 4. The van der Waals surface area contributed by atoms with Gasteiger partial charge in [0.05, 0.1) is 33.0 Å². The molecule has 0 atom stereocenters. The fourth-order valence-corrected chi connectivity index (χ4v) is 9.33. The van der Waals surface area contributed by atoms with Gasteiger partial charge in [0, 0.05) is 43.3 Å². The first-order valence-corrected chi connectivity index (χ1v) is 18.7. The summed E-state index contributed by atoms with van der Waals surface area (Å²) in [5.41, 5.74) is 10.4. The summed E-state index contributed by atoms with van der Waals surface area (Å²) in [5.74, 6) is 1.42. The molecule has 55 heavy (non-hydrogen) atoms. The minimum absolute atomic E-state index is 0.566. The van der Waals surface area contributed by atoms with Gasteiger partial charge in [-0.15, -0.1) is 0 Å². The topological polar surface area (TPSA) is 48.3 Å². The van der Waals surface area contributed by atoms with Crippen LogP contribution >= 0.6 is 0 Å². The normalized spacial score (nSPS) is 12.4. The molecule has 0 aliphatic carbocycles. The lowest BCUT2D eigenvalue weighted by molar-refractivity contribution is 0.653. The predicted octanol–water partition coefficient (Wildman–Crippen LogP) is 13.1. The lowest BCUT2D eigenvalue weighted by atomic mass is 10.0. The number of hydrogen-bond acceptors (Lipinski definition) is 3. The van der Waals surface area contributed by atoms with Crippen LogP contribution in [0.15, 0.2) is 174 Å². The second kappa shape index (κ2) is 10.6. The Bertz CT molecular complexity index is 3700.